The summed E-state index contributed by atoms with van der Waals surface area (Å²) >= 11 is 1.91. The SMILES string of the molecule is COC(=O)CC1CSCCCN1. The van der Waals surface area contributed by atoms with Crippen molar-refractivity contribution in [3.8, 4) is 0 Å². The van der Waals surface area contributed by atoms with Crippen molar-refractivity contribution in [1.29, 1.82) is 0 Å². The number of ether oxygens (including phenoxy) is 1. The van der Waals surface area contributed by atoms with Crippen molar-refractivity contribution in [2.45, 2.75) is 18.9 Å². The van der Waals surface area contributed by atoms with Crippen molar-refractivity contribution in [3.05, 3.63) is 0 Å². The Balaban J connectivity index is 2.24. The Morgan fingerprint density at radius 3 is 3.33 bits per heavy atom. The van der Waals surface area contributed by atoms with Crippen LogP contribution in [-0.4, -0.2) is 37.2 Å². The molecule has 0 aliphatic carbocycles. The van der Waals surface area contributed by atoms with Gasteiger partial charge in [0.2, 0.25) is 0 Å². The van der Waals surface area contributed by atoms with Gasteiger partial charge in [-0.3, -0.25) is 4.79 Å². The summed E-state index contributed by atoms with van der Waals surface area (Å²) in [5.41, 5.74) is 0. The zero-order valence-corrected chi connectivity index (χ0v) is 8.15. The molecule has 1 N–H and O–H groups in total. The van der Waals surface area contributed by atoms with Gasteiger partial charge < -0.3 is 10.1 Å². The second kappa shape index (κ2) is 5.43. The first-order valence-electron chi connectivity index (χ1n) is 4.21. The van der Waals surface area contributed by atoms with Gasteiger partial charge in [0, 0.05) is 11.8 Å². The molecule has 0 bridgehead atoms. The molecule has 70 valence electrons. The molecule has 1 rings (SSSR count). The highest BCUT2D eigenvalue weighted by molar-refractivity contribution is 7.99. The minimum atomic E-state index is -0.116. The van der Waals surface area contributed by atoms with Gasteiger partial charge in [-0.05, 0) is 18.7 Å². The van der Waals surface area contributed by atoms with Gasteiger partial charge in [-0.25, -0.2) is 0 Å². The Morgan fingerprint density at radius 2 is 2.58 bits per heavy atom. The second-order valence-corrected chi connectivity index (χ2v) is 4.01. The molecule has 1 unspecified atom stereocenters. The molecule has 0 radical (unpaired) electrons. The fraction of sp³-hybridized carbons (Fsp3) is 0.875. The predicted molar refractivity (Wildman–Crippen MR) is 50.4 cm³/mol. The maximum Gasteiger partial charge on any atom is 0.307 e. The molecular formula is C8H15NO2S. The quantitative estimate of drug-likeness (QED) is 0.647. The van der Waals surface area contributed by atoms with Crippen LogP contribution in [0.25, 0.3) is 0 Å². The van der Waals surface area contributed by atoms with Crippen LogP contribution in [0.1, 0.15) is 12.8 Å². The van der Waals surface area contributed by atoms with Gasteiger partial charge >= 0.3 is 5.97 Å². The summed E-state index contributed by atoms with van der Waals surface area (Å²) in [5.74, 6) is 2.11. The molecule has 4 heteroatoms. The van der Waals surface area contributed by atoms with Gasteiger partial charge in [-0.1, -0.05) is 0 Å². The van der Waals surface area contributed by atoms with E-state index in [-0.39, 0.29) is 5.97 Å². The minimum Gasteiger partial charge on any atom is -0.469 e. The highest BCUT2D eigenvalue weighted by atomic mass is 32.2. The summed E-state index contributed by atoms with van der Waals surface area (Å²) in [6, 6.07) is 0.310. The molecule has 0 spiro atoms. The van der Waals surface area contributed by atoms with Gasteiger partial charge in [0.15, 0.2) is 0 Å². The molecule has 0 aromatic rings. The van der Waals surface area contributed by atoms with Crippen molar-refractivity contribution in [1.82, 2.24) is 5.32 Å². The van der Waals surface area contributed by atoms with E-state index in [2.05, 4.69) is 10.1 Å². The molecule has 1 saturated heterocycles. The summed E-state index contributed by atoms with van der Waals surface area (Å²) in [6.45, 7) is 1.02. The summed E-state index contributed by atoms with van der Waals surface area (Å²) < 4.78 is 4.61. The third-order valence-corrected chi connectivity index (χ3v) is 3.07. The molecular weight excluding hydrogens is 174 g/mol. The average Bonchev–Trinajstić information content (AvgIpc) is 2.33. The number of carbonyl (C=O) groups excluding carboxylic acids is 1. The van der Waals surface area contributed by atoms with E-state index in [1.165, 1.54) is 19.3 Å². The number of hydrogen-bond donors (Lipinski definition) is 1. The van der Waals surface area contributed by atoms with Crippen molar-refractivity contribution in [2.24, 2.45) is 0 Å². The lowest BCUT2D eigenvalue weighted by atomic mass is 10.2. The first-order valence-corrected chi connectivity index (χ1v) is 5.36. The highest BCUT2D eigenvalue weighted by Gasteiger charge is 2.15. The van der Waals surface area contributed by atoms with E-state index < -0.39 is 0 Å². The molecule has 1 fully saturated rings. The van der Waals surface area contributed by atoms with Gasteiger partial charge in [0.1, 0.15) is 0 Å². The van der Waals surface area contributed by atoms with E-state index in [0.29, 0.717) is 12.5 Å². The van der Waals surface area contributed by atoms with Crippen molar-refractivity contribution in [2.75, 3.05) is 25.2 Å². The van der Waals surface area contributed by atoms with E-state index in [4.69, 9.17) is 0 Å². The number of methoxy groups -OCH3 is 1. The minimum absolute atomic E-state index is 0.116. The molecule has 1 aliphatic rings. The van der Waals surface area contributed by atoms with Crippen LogP contribution in [0.3, 0.4) is 0 Å². The van der Waals surface area contributed by atoms with Crippen LogP contribution in [0.2, 0.25) is 0 Å². The molecule has 3 nitrogen and oxygen atoms in total. The first kappa shape index (κ1) is 9.86. The van der Waals surface area contributed by atoms with Crippen LogP contribution >= 0.6 is 11.8 Å². The summed E-state index contributed by atoms with van der Waals surface area (Å²) in [4.78, 5) is 10.9. The zero-order chi connectivity index (χ0) is 8.81. The molecule has 1 aliphatic heterocycles. The number of nitrogens with one attached hydrogen (secondary N) is 1. The average molecular weight is 189 g/mol. The molecule has 1 atom stereocenters. The lowest BCUT2D eigenvalue weighted by molar-refractivity contribution is -0.141. The summed E-state index contributed by atoms with van der Waals surface area (Å²) in [7, 11) is 1.44. The van der Waals surface area contributed by atoms with Gasteiger partial charge in [0.05, 0.1) is 13.5 Å². The predicted octanol–water partition coefficient (Wildman–Crippen LogP) is 0.645. The molecule has 0 saturated carbocycles. The van der Waals surface area contributed by atoms with Crippen molar-refractivity contribution >= 4 is 17.7 Å². The monoisotopic (exact) mass is 189 g/mol. The van der Waals surface area contributed by atoms with Crippen LogP contribution in [0.4, 0.5) is 0 Å². The third-order valence-electron chi connectivity index (χ3n) is 1.86. The van der Waals surface area contributed by atoms with E-state index in [9.17, 15) is 4.79 Å². The normalized spacial score (nSPS) is 24.6. The van der Waals surface area contributed by atoms with E-state index in [1.54, 1.807) is 0 Å². The van der Waals surface area contributed by atoms with Crippen molar-refractivity contribution in [3.63, 3.8) is 0 Å². The summed E-state index contributed by atoms with van der Waals surface area (Å²) in [6.07, 6.45) is 1.70. The second-order valence-electron chi connectivity index (χ2n) is 2.86. The standard InChI is InChI=1S/C8H15NO2S/c1-11-8(10)5-7-6-12-4-2-3-9-7/h7,9H,2-6H2,1H3. The molecule has 0 amide bonds. The van der Waals surface area contributed by atoms with Crippen molar-refractivity contribution < 1.29 is 9.53 Å². The molecule has 12 heavy (non-hydrogen) atoms. The Labute approximate surface area is 77.2 Å². The van der Waals surface area contributed by atoms with Gasteiger partial charge in [-0.2, -0.15) is 11.8 Å². The lowest BCUT2D eigenvalue weighted by Gasteiger charge is -2.12. The Morgan fingerprint density at radius 1 is 1.75 bits per heavy atom. The number of esters is 1. The van der Waals surface area contributed by atoms with Crippen LogP contribution in [0.15, 0.2) is 0 Å². The maximum atomic E-state index is 10.9. The Bertz CT molecular complexity index is 144. The number of rotatable bonds is 2. The van der Waals surface area contributed by atoms with Crippen LogP contribution in [-0.2, 0) is 9.53 Å². The molecule has 0 aromatic carbocycles. The van der Waals surface area contributed by atoms with E-state index in [0.717, 1.165) is 12.3 Å². The topological polar surface area (TPSA) is 38.3 Å². The first-order chi connectivity index (χ1) is 5.83. The van der Waals surface area contributed by atoms with Crippen LogP contribution in [0, 0.1) is 0 Å². The smallest absolute Gasteiger partial charge is 0.307 e. The largest absolute Gasteiger partial charge is 0.469 e. The highest BCUT2D eigenvalue weighted by Crippen LogP contribution is 2.11. The van der Waals surface area contributed by atoms with Crippen LogP contribution < -0.4 is 5.32 Å². The van der Waals surface area contributed by atoms with E-state index in [1.807, 2.05) is 11.8 Å². The Kier molecular flexibility index (Phi) is 4.46. The zero-order valence-electron chi connectivity index (χ0n) is 7.34. The van der Waals surface area contributed by atoms with Gasteiger partial charge in [-0.15, -0.1) is 0 Å². The molecule has 0 aromatic heterocycles. The molecule has 1 heterocycles. The number of carbonyl (C=O) groups is 1. The number of thioether (sulfide) groups is 1. The Hall–Kier alpha value is -0.220. The fourth-order valence-electron chi connectivity index (χ4n) is 1.18. The fourth-order valence-corrected chi connectivity index (χ4v) is 2.22. The van der Waals surface area contributed by atoms with Gasteiger partial charge in [0.25, 0.3) is 0 Å². The number of hydrogen-bond acceptors (Lipinski definition) is 4. The summed E-state index contributed by atoms with van der Waals surface area (Å²) in [5, 5.41) is 3.33. The van der Waals surface area contributed by atoms with Crippen LogP contribution in [0.5, 0.6) is 0 Å². The third kappa shape index (κ3) is 3.45. The lowest BCUT2D eigenvalue weighted by Crippen LogP contribution is -2.33. The van der Waals surface area contributed by atoms with E-state index >= 15 is 0 Å². The maximum absolute atomic E-state index is 10.9.